The molecule has 17 heavy (non-hydrogen) atoms. The van der Waals surface area contributed by atoms with Crippen LogP contribution in [-0.2, 0) is 0 Å². The average Bonchev–Trinajstić information content (AvgIpc) is 2.80. The summed E-state index contributed by atoms with van der Waals surface area (Å²) >= 11 is 1.48. The molecule has 4 nitrogen and oxygen atoms in total. The second-order valence-corrected chi connectivity index (χ2v) is 4.27. The van der Waals surface area contributed by atoms with E-state index in [9.17, 15) is 0 Å². The van der Waals surface area contributed by atoms with Gasteiger partial charge in [0, 0.05) is 10.9 Å². The molecule has 1 aromatic carbocycles. The number of hydrogen-bond acceptors (Lipinski definition) is 4. The lowest BCUT2D eigenvalue weighted by Gasteiger charge is -2.02. The second kappa shape index (κ2) is 4.97. The van der Waals surface area contributed by atoms with Crippen LogP contribution in [0.1, 0.15) is 12.6 Å². The Morgan fingerprint density at radius 2 is 2.12 bits per heavy atom. The fourth-order valence-corrected chi connectivity index (χ4v) is 2.22. The van der Waals surface area contributed by atoms with Gasteiger partial charge in [0.2, 0.25) is 0 Å². The highest BCUT2D eigenvalue weighted by atomic mass is 32.1. The Balaban J connectivity index is 2.23. The van der Waals surface area contributed by atoms with Crippen LogP contribution < -0.4 is 10.5 Å². The van der Waals surface area contributed by atoms with E-state index < -0.39 is 0 Å². The fraction of sp³-hybridized carbons (Fsp3) is 0.167. The minimum Gasteiger partial charge on any atom is -0.494 e. The fourth-order valence-electron chi connectivity index (χ4n) is 1.39. The summed E-state index contributed by atoms with van der Waals surface area (Å²) in [6.45, 7) is 2.61. The van der Waals surface area contributed by atoms with Crippen molar-refractivity contribution in [2.75, 3.05) is 6.61 Å². The third-order valence-electron chi connectivity index (χ3n) is 2.19. The largest absolute Gasteiger partial charge is 0.494 e. The number of nitrogens with two attached hydrogens (primary N) is 1. The van der Waals surface area contributed by atoms with Crippen molar-refractivity contribution in [3.63, 3.8) is 0 Å². The zero-order valence-corrected chi connectivity index (χ0v) is 10.3. The first-order valence-electron chi connectivity index (χ1n) is 5.24. The number of hydrogen-bond donors (Lipinski definition) is 2. The number of rotatable bonds is 4. The molecular formula is C12H13N3OS. The maximum atomic E-state index is 7.30. The number of benzene rings is 1. The molecule has 0 aliphatic carbocycles. The van der Waals surface area contributed by atoms with Crippen LogP contribution in [0.5, 0.6) is 5.75 Å². The smallest absolute Gasteiger partial charge is 0.142 e. The lowest BCUT2D eigenvalue weighted by atomic mass is 10.2. The molecule has 2 aromatic rings. The molecule has 1 heterocycles. The van der Waals surface area contributed by atoms with E-state index in [0.717, 1.165) is 16.3 Å². The molecule has 0 unspecified atom stereocenters. The molecule has 0 aliphatic rings. The third kappa shape index (κ3) is 2.62. The maximum absolute atomic E-state index is 7.30. The van der Waals surface area contributed by atoms with Crippen LogP contribution in [0.25, 0.3) is 10.6 Å². The summed E-state index contributed by atoms with van der Waals surface area (Å²) in [6, 6.07) is 7.73. The summed E-state index contributed by atoms with van der Waals surface area (Å²) in [5, 5.41) is 9.95. The summed E-state index contributed by atoms with van der Waals surface area (Å²) < 4.78 is 5.37. The quantitative estimate of drug-likeness (QED) is 0.644. The van der Waals surface area contributed by atoms with Gasteiger partial charge in [0.05, 0.1) is 6.61 Å². The highest BCUT2D eigenvalue weighted by Gasteiger charge is 2.06. The predicted molar refractivity (Wildman–Crippen MR) is 69.7 cm³/mol. The number of thiazole rings is 1. The first-order chi connectivity index (χ1) is 8.20. The summed E-state index contributed by atoms with van der Waals surface area (Å²) in [7, 11) is 0. The first-order valence-corrected chi connectivity index (χ1v) is 6.12. The monoisotopic (exact) mass is 247 g/mol. The van der Waals surface area contributed by atoms with Crippen LogP contribution in [0, 0.1) is 5.41 Å². The van der Waals surface area contributed by atoms with Gasteiger partial charge in [0.25, 0.3) is 0 Å². The molecule has 0 saturated carbocycles. The standard InChI is InChI=1S/C12H13N3OS/c1-2-16-9-5-3-8(4-6-9)12-15-10(7-17-12)11(13)14/h3-7H,2H2,1H3,(H3,13,14). The maximum Gasteiger partial charge on any atom is 0.142 e. The Morgan fingerprint density at radius 1 is 1.41 bits per heavy atom. The molecule has 0 fully saturated rings. The van der Waals surface area contributed by atoms with Crippen molar-refractivity contribution >= 4 is 17.2 Å². The van der Waals surface area contributed by atoms with Crippen molar-refractivity contribution in [3.8, 4) is 16.3 Å². The highest BCUT2D eigenvalue weighted by molar-refractivity contribution is 7.13. The van der Waals surface area contributed by atoms with Gasteiger partial charge in [0.15, 0.2) is 0 Å². The number of ether oxygens (including phenoxy) is 1. The molecule has 1 aromatic heterocycles. The van der Waals surface area contributed by atoms with Crippen molar-refractivity contribution < 1.29 is 4.74 Å². The minimum absolute atomic E-state index is 0.00145. The summed E-state index contributed by atoms with van der Waals surface area (Å²) in [5.74, 6) is 0.845. The molecule has 0 spiro atoms. The minimum atomic E-state index is -0.00145. The lowest BCUT2D eigenvalue weighted by molar-refractivity contribution is 0.340. The zero-order chi connectivity index (χ0) is 12.3. The Morgan fingerprint density at radius 3 is 2.65 bits per heavy atom. The SMILES string of the molecule is CCOc1ccc(-c2nc(C(=N)N)cs2)cc1. The van der Waals surface area contributed by atoms with E-state index in [0.29, 0.717) is 12.3 Å². The van der Waals surface area contributed by atoms with Crippen molar-refractivity contribution in [2.24, 2.45) is 5.73 Å². The Labute approximate surface area is 104 Å². The topological polar surface area (TPSA) is 72.0 Å². The molecule has 3 N–H and O–H groups in total. The van der Waals surface area contributed by atoms with E-state index in [-0.39, 0.29) is 5.84 Å². The van der Waals surface area contributed by atoms with Crippen molar-refractivity contribution in [1.29, 1.82) is 5.41 Å². The summed E-state index contributed by atoms with van der Waals surface area (Å²) in [4.78, 5) is 4.28. The molecule has 0 radical (unpaired) electrons. The highest BCUT2D eigenvalue weighted by Crippen LogP contribution is 2.25. The lowest BCUT2D eigenvalue weighted by Crippen LogP contribution is -2.11. The third-order valence-corrected chi connectivity index (χ3v) is 3.08. The van der Waals surface area contributed by atoms with E-state index in [4.69, 9.17) is 15.9 Å². The van der Waals surface area contributed by atoms with E-state index in [1.807, 2.05) is 31.2 Å². The van der Waals surface area contributed by atoms with Gasteiger partial charge >= 0.3 is 0 Å². The van der Waals surface area contributed by atoms with Gasteiger partial charge in [-0.2, -0.15) is 0 Å². The van der Waals surface area contributed by atoms with Gasteiger partial charge in [0.1, 0.15) is 22.3 Å². The van der Waals surface area contributed by atoms with E-state index in [1.165, 1.54) is 11.3 Å². The van der Waals surface area contributed by atoms with Crippen LogP contribution in [0.3, 0.4) is 0 Å². The number of amidine groups is 1. The average molecular weight is 247 g/mol. The Bertz CT molecular complexity index is 519. The van der Waals surface area contributed by atoms with Crippen LogP contribution in [0.15, 0.2) is 29.6 Å². The van der Waals surface area contributed by atoms with Gasteiger partial charge in [-0.3, -0.25) is 5.41 Å². The van der Waals surface area contributed by atoms with E-state index in [2.05, 4.69) is 4.98 Å². The molecule has 2 rings (SSSR count). The predicted octanol–water partition coefficient (Wildman–Crippen LogP) is 2.49. The van der Waals surface area contributed by atoms with Gasteiger partial charge in [-0.25, -0.2) is 4.98 Å². The number of nitrogen functional groups attached to an aromatic ring is 1. The molecular weight excluding hydrogens is 234 g/mol. The molecule has 0 aliphatic heterocycles. The second-order valence-electron chi connectivity index (χ2n) is 3.41. The summed E-state index contributed by atoms with van der Waals surface area (Å²) in [5.41, 5.74) is 6.91. The first kappa shape index (κ1) is 11.6. The van der Waals surface area contributed by atoms with Crippen molar-refractivity contribution in [2.45, 2.75) is 6.92 Å². The van der Waals surface area contributed by atoms with Gasteiger partial charge in [-0.15, -0.1) is 11.3 Å². The van der Waals surface area contributed by atoms with Crippen molar-refractivity contribution in [1.82, 2.24) is 4.98 Å². The Hall–Kier alpha value is -1.88. The normalized spacial score (nSPS) is 10.2. The van der Waals surface area contributed by atoms with Gasteiger partial charge in [-0.05, 0) is 31.2 Å². The van der Waals surface area contributed by atoms with Crippen LogP contribution in [-0.4, -0.2) is 17.4 Å². The van der Waals surface area contributed by atoms with Crippen LogP contribution in [0.4, 0.5) is 0 Å². The zero-order valence-electron chi connectivity index (χ0n) is 9.43. The van der Waals surface area contributed by atoms with Crippen LogP contribution >= 0.6 is 11.3 Å². The number of nitrogens with zero attached hydrogens (tertiary/aromatic N) is 1. The van der Waals surface area contributed by atoms with Crippen LogP contribution in [0.2, 0.25) is 0 Å². The van der Waals surface area contributed by atoms with E-state index in [1.54, 1.807) is 5.38 Å². The molecule has 0 bridgehead atoms. The number of nitrogens with one attached hydrogen (secondary N) is 1. The molecule has 0 saturated heterocycles. The molecule has 0 atom stereocenters. The molecule has 88 valence electrons. The Kier molecular flexibility index (Phi) is 3.39. The molecule has 0 amide bonds. The molecule has 5 heteroatoms. The van der Waals surface area contributed by atoms with Crippen molar-refractivity contribution in [3.05, 3.63) is 35.3 Å². The summed E-state index contributed by atoms with van der Waals surface area (Å²) in [6.07, 6.45) is 0. The van der Waals surface area contributed by atoms with Gasteiger partial charge < -0.3 is 10.5 Å². The number of aromatic nitrogens is 1. The van der Waals surface area contributed by atoms with Gasteiger partial charge in [-0.1, -0.05) is 0 Å². The van der Waals surface area contributed by atoms with E-state index >= 15 is 0 Å².